The highest BCUT2D eigenvalue weighted by Gasteiger charge is 2.35. The van der Waals surface area contributed by atoms with Gasteiger partial charge in [-0.25, -0.2) is 4.79 Å². The van der Waals surface area contributed by atoms with Crippen LogP contribution in [-0.4, -0.2) is 35.2 Å². The second-order valence-electron chi connectivity index (χ2n) is 6.16. The monoisotopic (exact) mass is 465 g/mol. The van der Waals surface area contributed by atoms with Crippen LogP contribution in [0.4, 0.5) is 4.79 Å². The fourth-order valence-corrected chi connectivity index (χ4v) is 4.14. The molecule has 0 unspecified atom stereocenters. The van der Waals surface area contributed by atoms with Crippen molar-refractivity contribution in [1.29, 1.82) is 0 Å². The van der Waals surface area contributed by atoms with E-state index < -0.39 is 5.97 Å². The zero-order valence-corrected chi connectivity index (χ0v) is 18.2. The molecule has 1 heterocycles. The van der Waals surface area contributed by atoms with Gasteiger partial charge in [-0.15, -0.1) is 0 Å². The molecule has 156 valence electrons. The maximum Gasteiger partial charge on any atom is 0.344 e. The van der Waals surface area contributed by atoms with Crippen LogP contribution >= 0.6 is 35.0 Å². The summed E-state index contributed by atoms with van der Waals surface area (Å²) in [6.45, 7) is 1.80. The Morgan fingerprint density at radius 2 is 1.80 bits per heavy atom. The van der Waals surface area contributed by atoms with Crippen molar-refractivity contribution < 1.29 is 23.9 Å². The first-order valence-corrected chi connectivity index (χ1v) is 10.5. The summed E-state index contributed by atoms with van der Waals surface area (Å²) in [5.41, 5.74) is 1.38. The Kier molecular flexibility index (Phi) is 7.42. The summed E-state index contributed by atoms with van der Waals surface area (Å²) in [6, 6.07) is 12.3. The van der Waals surface area contributed by atoms with Crippen molar-refractivity contribution in [1.82, 2.24) is 4.90 Å². The number of amides is 2. The van der Waals surface area contributed by atoms with E-state index in [0.717, 1.165) is 17.3 Å². The molecule has 3 rings (SSSR count). The molecule has 0 saturated carbocycles. The van der Waals surface area contributed by atoms with Gasteiger partial charge in [-0.2, -0.15) is 0 Å². The minimum absolute atomic E-state index is 0.140. The SMILES string of the molecule is CCOC(=O)COc1c(Cl)cc(/C=C2\SC(=O)N(Cc3ccccc3)C2=O)cc1Cl. The highest BCUT2D eigenvalue weighted by molar-refractivity contribution is 8.18. The molecule has 0 aliphatic carbocycles. The van der Waals surface area contributed by atoms with Gasteiger partial charge in [-0.05, 0) is 48.0 Å². The van der Waals surface area contributed by atoms with Crippen LogP contribution in [0.15, 0.2) is 47.4 Å². The van der Waals surface area contributed by atoms with Crippen LogP contribution in [0.5, 0.6) is 5.75 Å². The number of halogens is 2. The second-order valence-corrected chi connectivity index (χ2v) is 7.97. The molecular weight excluding hydrogens is 449 g/mol. The van der Waals surface area contributed by atoms with Gasteiger partial charge in [-0.3, -0.25) is 14.5 Å². The Morgan fingerprint density at radius 3 is 2.43 bits per heavy atom. The first-order valence-electron chi connectivity index (χ1n) is 8.95. The Hall–Kier alpha value is -2.48. The maximum absolute atomic E-state index is 12.7. The molecule has 1 aliphatic heterocycles. The minimum Gasteiger partial charge on any atom is -0.479 e. The van der Waals surface area contributed by atoms with Gasteiger partial charge in [0.05, 0.1) is 28.1 Å². The molecule has 1 fully saturated rings. The number of rotatable bonds is 7. The van der Waals surface area contributed by atoms with Crippen LogP contribution in [-0.2, 0) is 20.9 Å². The molecular formula is C21H17Cl2NO5S. The third-order valence-corrected chi connectivity index (χ3v) is 5.48. The zero-order valence-electron chi connectivity index (χ0n) is 15.9. The number of ether oxygens (including phenoxy) is 2. The molecule has 1 aliphatic rings. The number of carbonyl (C=O) groups excluding carboxylic acids is 3. The van der Waals surface area contributed by atoms with E-state index in [1.165, 1.54) is 4.90 Å². The number of imide groups is 1. The van der Waals surface area contributed by atoms with E-state index in [9.17, 15) is 14.4 Å². The van der Waals surface area contributed by atoms with Crippen molar-refractivity contribution in [3.63, 3.8) is 0 Å². The Bertz CT molecular complexity index is 987. The Balaban J connectivity index is 1.75. The summed E-state index contributed by atoms with van der Waals surface area (Å²) < 4.78 is 10.1. The van der Waals surface area contributed by atoms with Crippen LogP contribution in [0.3, 0.4) is 0 Å². The molecule has 0 spiro atoms. The van der Waals surface area contributed by atoms with Gasteiger partial charge in [0.15, 0.2) is 12.4 Å². The highest BCUT2D eigenvalue weighted by atomic mass is 35.5. The maximum atomic E-state index is 12.7. The Morgan fingerprint density at radius 1 is 1.13 bits per heavy atom. The van der Waals surface area contributed by atoms with Crippen LogP contribution in [0, 0.1) is 0 Å². The predicted molar refractivity (Wildman–Crippen MR) is 117 cm³/mol. The first kappa shape index (κ1) is 22.2. The van der Waals surface area contributed by atoms with Crippen molar-refractivity contribution >= 4 is 58.2 Å². The molecule has 1 saturated heterocycles. The lowest BCUT2D eigenvalue weighted by Crippen LogP contribution is -2.27. The number of hydrogen-bond donors (Lipinski definition) is 0. The van der Waals surface area contributed by atoms with E-state index in [1.54, 1.807) is 25.1 Å². The number of hydrogen-bond acceptors (Lipinski definition) is 6. The summed E-state index contributed by atoms with van der Waals surface area (Å²) in [5.74, 6) is -0.787. The number of carbonyl (C=O) groups is 3. The molecule has 0 bridgehead atoms. The predicted octanol–water partition coefficient (Wildman–Crippen LogP) is 5.17. The molecule has 0 N–H and O–H groups in total. The lowest BCUT2D eigenvalue weighted by molar-refractivity contribution is -0.145. The van der Waals surface area contributed by atoms with Crippen LogP contribution in [0.25, 0.3) is 6.08 Å². The third kappa shape index (κ3) is 5.36. The smallest absolute Gasteiger partial charge is 0.344 e. The molecule has 0 radical (unpaired) electrons. The van der Waals surface area contributed by atoms with E-state index in [2.05, 4.69) is 0 Å². The van der Waals surface area contributed by atoms with Crippen LogP contribution in [0.2, 0.25) is 10.0 Å². The molecule has 6 nitrogen and oxygen atoms in total. The highest BCUT2D eigenvalue weighted by Crippen LogP contribution is 2.37. The molecule has 9 heteroatoms. The van der Waals surface area contributed by atoms with Gasteiger partial charge in [0.25, 0.3) is 11.1 Å². The fourth-order valence-electron chi connectivity index (χ4n) is 2.69. The Labute approximate surface area is 187 Å². The van der Waals surface area contributed by atoms with Gasteiger partial charge in [0.2, 0.25) is 0 Å². The van der Waals surface area contributed by atoms with Crippen molar-refractivity contribution in [2.45, 2.75) is 13.5 Å². The summed E-state index contributed by atoms with van der Waals surface area (Å²) in [4.78, 5) is 37.9. The molecule has 30 heavy (non-hydrogen) atoms. The number of nitrogens with zero attached hydrogens (tertiary/aromatic N) is 1. The van der Waals surface area contributed by atoms with Crippen molar-refractivity contribution in [3.8, 4) is 5.75 Å². The van der Waals surface area contributed by atoms with E-state index >= 15 is 0 Å². The summed E-state index contributed by atoms with van der Waals surface area (Å²) >= 11 is 13.3. The van der Waals surface area contributed by atoms with Crippen molar-refractivity contribution in [3.05, 3.63) is 68.5 Å². The van der Waals surface area contributed by atoms with Gasteiger partial charge < -0.3 is 9.47 Å². The number of thioether (sulfide) groups is 1. The average molecular weight is 466 g/mol. The van der Waals surface area contributed by atoms with Gasteiger partial charge >= 0.3 is 5.97 Å². The fraction of sp³-hybridized carbons (Fsp3) is 0.190. The van der Waals surface area contributed by atoms with Gasteiger partial charge in [0, 0.05) is 0 Å². The zero-order chi connectivity index (χ0) is 21.7. The van der Waals surface area contributed by atoms with Crippen LogP contribution in [0.1, 0.15) is 18.1 Å². The molecule has 2 aromatic rings. The van der Waals surface area contributed by atoms with E-state index in [-0.39, 0.29) is 51.6 Å². The van der Waals surface area contributed by atoms with Crippen molar-refractivity contribution in [2.75, 3.05) is 13.2 Å². The summed E-state index contributed by atoms with van der Waals surface area (Å²) in [6.07, 6.45) is 1.54. The molecule has 0 aromatic heterocycles. The standard InChI is InChI=1S/C21H17Cl2NO5S/c1-2-28-18(25)12-29-19-15(22)8-14(9-16(19)23)10-17-20(26)24(21(27)30-17)11-13-6-4-3-5-7-13/h3-10H,2,11-12H2,1H3/b17-10-. The molecule has 2 amide bonds. The second kappa shape index (κ2) is 10.0. The minimum atomic E-state index is -0.541. The van der Waals surface area contributed by atoms with Gasteiger partial charge in [-0.1, -0.05) is 53.5 Å². The third-order valence-electron chi connectivity index (χ3n) is 4.02. The van der Waals surface area contributed by atoms with E-state index in [0.29, 0.717) is 5.56 Å². The first-order chi connectivity index (χ1) is 14.4. The summed E-state index contributed by atoms with van der Waals surface area (Å²) in [7, 11) is 0. The quantitative estimate of drug-likeness (QED) is 0.414. The number of benzene rings is 2. The summed E-state index contributed by atoms with van der Waals surface area (Å²) in [5, 5.41) is -0.00943. The largest absolute Gasteiger partial charge is 0.479 e. The van der Waals surface area contributed by atoms with E-state index in [1.807, 2.05) is 30.3 Å². The molecule has 0 atom stereocenters. The van der Waals surface area contributed by atoms with E-state index in [4.69, 9.17) is 32.7 Å². The average Bonchev–Trinajstić information content (AvgIpc) is 2.96. The normalized spacial score (nSPS) is 15.0. The molecule has 2 aromatic carbocycles. The number of esters is 1. The topological polar surface area (TPSA) is 72.9 Å². The van der Waals surface area contributed by atoms with Gasteiger partial charge in [0.1, 0.15) is 0 Å². The van der Waals surface area contributed by atoms with Crippen molar-refractivity contribution in [2.24, 2.45) is 0 Å². The lowest BCUT2D eigenvalue weighted by Gasteiger charge is -2.12. The lowest BCUT2D eigenvalue weighted by atomic mass is 10.2. The van der Waals surface area contributed by atoms with Crippen LogP contribution < -0.4 is 4.74 Å².